The SMILES string of the molecule is CCO.COc1cc(/C=C/C(=O)O)ccc1O. The monoisotopic (exact) mass is 240 g/mol. The van der Waals surface area contributed by atoms with Crippen LogP contribution in [0.2, 0.25) is 0 Å². The quantitative estimate of drug-likeness (QED) is 0.697. The molecule has 0 fully saturated rings. The average molecular weight is 240 g/mol. The number of rotatable bonds is 3. The van der Waals surface area contributed by atoms with E-state index in [9.17, 15) is 9.90 Å². The number of carboxylic acids is 1. The van der Waals surface area contributed by atoms with E-state index in [0.717, 1.165) is 6.08 Å². The van der Waals surface area contributed by atoms with Crippen LogP contribution in [-0.4, -0.2) is 35.0 Å². The average Bonchev–Trinajstić information content (AvgIpc) is 2.29. The van der Waals surface area contributed by atoms with Crippen molar-refractivity contribution >= 4 is 12.0 Å². The summed E-state index contributed by atoms with van der Waals surface area (Å²) in [6.07, 6.45) is 2.44. The first-order chi connectivity index (χ1) is 8.04. The van der Waals surface area contributed by atoms with E-state index in [1.165, 1.54) is 19.3 Å². The van der Waals surface area contributed by atoms with E-state index in [4.69, 9.17) is 14.9 Å². The first kappa shape index (κ1) is 15.0. The van der Waals surface area contributed by atoms with E-state index in [-0.39, 0.29) is 12.4 Å². The molecule has 3 N–H and O–H groups in total. The molecule has 0 aliphatic rings. The van der Waals surface area contributed by atoms with Crippen molar-refractivity contribution in [2.24, 2.45) is 0 Å². The zero-order chi connectivity index (χ0) is 13.3. The molecule has 1 aromatic rings. The maximum atomic E-state index is 10.2. The lowest BCUT2D eigenvalue weighted by Crippen LogP contribution is -1.87. The number of aliphatic hydroxyl groups excluding tert-OH is 1. The molecule has 0 amide bonds. The Balaban J connectivity index is 0.000000770. The van der Waals surface area contributed by atoms with Crippen LogP contribution in [0.5, 0.6) is 11.5 Å². The highest BCUT2D eigenvalue weighted by molar-refractivity contribution is 5.85. The molecule has 0 heterocycles. The molecule has 5 nitrogen and oxygen atoms in total. The van der Waals surface area contributed by atoms with Gasteiger partial charge in [-0.3, -0.25) is 0 Å². The van der Waals surface area contributed by atoms with Crippen LogP contribution in [0.15, 0.2) is 24.3 Å². The highest BCUT2D eigenvalue weighted by Gasteiger charge is 2.00. The van der Waals surface area contributed by atoms with Crippen molar-refractivity contribution in [1.29, 1.82) is 0 Å². The summed E-state index contributed by atoms with van der Waals surface area (Å²) in [5, 5.41) is 25.2. The Hall–Kier alpha value is -2.01. The Morgan fingerprint density at radius 2 is 2.06 bits per heavy atom. The minimum Gasteiger partial charge on any atom is -0.504 e. The van der Waals surface area contributed by atoms with Gasteiger partial charge in [-0.1, -0.05) is 6.07 Å². The second-order valence-corrected chi connectivity index (χ2v) is 2.92. The Morgan fingerprint density at radius 1 is 1.47 bits per heavy atom. The number of aromatic hydroxyl groups is 1. The Kier molecular flexibility index (Phi) is 7.21. The van der Waals surface area contributed by atoms with Crippen molar-refractivity contribution in [3.05, 3.63) is 29.8 Å². The lowest BCUT2D eigenvalue weighted by atomic mass is 10.2. The summed E-state index contributed by atoms with van der Waals surface area (Å²) >= 11 is 0. The van der Waals surface area contributed by atoms with Gasteiger partial charge in [0.25, 0.3) is 0 Å². The predicted molar refractivity (Wildman–Crippen MR) is 64.1 cm³/mol. The molecule has 0 saturated carbocycles. The van der Waals surface area contributed by atoms with Gasteiger partial charge >= 0.3 is 5.97 Å². The third-order valence-electron chi connectivity index (χ3n) is 1.62. The smallest absolute Gasteiger partial charge is 0.328 e. The minimum absolute atomic E-state index is 0.0278. The molecule has 1 rings (SSSR count). The van der Waals surface area contributed by atoms with Gasteiger partial charge in [-0.15, -0.1) is 0 Å². The van der Waals surface area contributed by atoms with Crippen LogP contribution in [0.4, 0.5) is 0 Å². The maximum Gasteiger partial charge on any atom is 0.328 e. The highest BCUT2D eigenvalue weighted by atomic mass is 16.5. The van der Waals surface area contributed by atoms with E-state index >= 15 is 0 Å². The molecule has 17 heavy (non-hydrogen) atoms. The summed E-state index contributed by atoms with van der Waals surface area (Å²) in [7, 11) is 1.43. The minimum atomic E-state index is -1.02. The van der Waals surface area contributed by atoms with Crippen molar-refractivity contribution in [3.63, 3.8) is 0 Å². The number of hydrogen-bond donors (Lipinski definition) is 3. The third kappa shape index (κ3) is 6.21. The second kappa shape index (κ2) is 8.18. The molecule has 1 aromatic carbocycles. The van der Waals surface area contributed by atoms with Crippen LogP contribution in [0.3, 0.4) is 0 Å². The number of carbonyl (C=O) groups is 1. The topological polar surface area (TPSA) is 87.0 Å². The highest BCUT2D eigenvalue weighted by Crippen LogP contribution is 2.26. The summed E-state index contributed by atoms with van der Waals surface area (Å²) in [6, 6.07) is 4.59. The predicted octanol–water partition coefficient (Wildman–Crippen LogP) is 1.50. The van der Waals surface area contributed by atoms with Gasteiger partial charge in [-0.2, -0.15) is 0 Å². The van der Waals surface area contributed by atoms with Crippen molar-refractivity contribution in [3.8, 4) is 11.5 Å². The number of benzene rings is 1. The zero-order valence-electron chi connectivity index (χ0n) is 9.75. The molecule has 0 spiro atoms. The lowest BCUT2D eigenvalue weighted by Gasteiger charge is -2.03. The van der Waals surface area contributed by atoms with E-state index < -0.39 is 5.97 Å². The number of hydrogen-bond acceptors (Lipinski definition) is 4. The van der Waals surface area contributed by atoms with Crippen molar-refractivity contribution < 1.29 is 24.9 Å². The largest absolute Gasteiger partial charge is 0.504 e. The molecule has 5 heteroatoms. The van der Waals surface area contributed by atoms with Gasteiger partial charge in [-0.25, -0.2) is 4.79 Å². The van der Waals surface area contributed by atoms with Crippen molar-refractivity contribution in [2.45, 2.75) is 6.92 Å². The van der Waals surface area contributed by atoms with Gasteiger partial charge in [0.15, 0.2) is 11.5 Å². The lowest BCUT2D eigenvalue weighted by molar-refractivity contribution is -0.131. The van der Waals surface area contributed by atoms with Gasteiger partial charge in [0.05, 0.1) is 7.11 Å². The molecule has 0 unspecified atom stereocenters. The molecule has 0 aliphatic carbocycles. The molecule has 0 aromatic heterocycles. The first-order valence-corrected chi connectivity index (χ1v) is 4.94. The molecular formula is C12H16O5. The molecule has 0 atom stereocenters. The number of aliphatic carboxylic acids is 1. The summed E-state index contributed by atoms with van der Waals surface area (Å²) in [4.78, 5) is 10.2. The number of methoxy groups -OCH3 is 1. The zero-order valence-corrected chi connectivity index (χ0v) is 9.75. The van der Waals surface area contributed by atoms with Crippen LogP contribution in [0, 0.1) is 0 Å². The number of aliphatic hydroxyl groups is 1. The molecule has 0 bridgehead atoms. The normalized spacial score (nSPS) is 9.59. The maximum absolute atomic E-state index is 10.2. The van der Waals surface area contributed by atoms with Crippen LogP contribution in [-0.2, 0) is 4.79 Å². The van der Waals surface area contributed by atoms with Crippen LogP contribution in [0.25, 0.3) is 6.08 Å². The standard InChI is InChI=1S/C10H10O4.C2H6O/c1-14-9-6-7(2-4-8(9)11)3-5-10(12)13;1-2-3/h2-6,11H,1H3,(H,12,13);3H,2H2,1H3/b5-3+;. The number of phenols is 1. The van der Waals surface area contributed by atoms with Gasteiger partial charge in [0.1, 0.15) is 0 Å². The molecular weight excluding hydrogens is 224 g/mol. The van der Waals surface area contributed by atoms with Gasteiger partial charge < -0.3 is 20.1 Å². The second-order valence-electron chi connectivity index (χ2n) is 2.92. The summed E-state index contributed by atoms with van der Waals surface area (Å²) in [5.41, 5.74) is 0.655. The first-order valence-electron chi connectivity index (χ1n) is 4.94. The van der Waals surface area contributed by atoms with Gasteiger partial charge in [0, 0.05) is 12.7 Å². The fourth-order valence-electron chi connectivity index (χ4n) is 0.965. The molecule has 0 aliphatic heterocycles. The Morgan fingerprint density at radius 3 is 2.53 bits per heavy atom. The van der Waals surface area contributed by atoms with Gasteiger partial charge in [0.2, 0.25) is 0 Å². The fraction of sp³-hybridized carbons (Fsp3) is 0.250. The van der Waals surface area contributed by atoms with E-state index in [2.05, 4.69) is 0 Å². The van der Waals surface area contributed by atoms with E-state index in [1.807, 2.05) is 0 Å². The summed E-state index contributed by atoms with van der Waals surface area (Å²) in [5.74, 6) is -0.672. The van der Waals surface area contributed by atoms with Gasteiger partial charge in [-0.05, 0) is 30.7 Å². The number of carboxylic acid groups (broad SMARTS) is 1. The van der Waals surface area contributed by atoms with Crippen molar-refractivity contribution in [1.82, 2.24) is 0 Å². The summed E-state index contributed by atoms with van der Waals surface area (Å²) < 4.78 is 4.86. The van der Waals surface area contributed by atoms with Crippen LogP contribution >= 0.6 is 0 Å². The van der Waals surface area contributed by atoms with Crippen LogP contribution < -0.4 is 4.74 Å². The summed E-state index contributed by atoms with van der Waals surface area (Å²) in [6.45, 7) is 1.93. The Labute approximate surface area is 99.6 Å². The number of ether oxygens (including phenoxy) is 1. The fourth-order valence-corrected chi connectivity index (χ4v) is 0.965. The molecule has 0 radical (unpaired) electrons. The number of phenolic OH excluding ortho intramolecular Hbond substituents is 1. The molecule has 0 saturated heterocycles. The van der Waals surface area contributed by atoms with E-state index in [0.29, 0.717) is 11.3 Å². The molecule has 94 valence electrons. The van der Waals surface area contributed by atoms with Crippen molar-refractivity contribution in [2.75, 3.05) is 13.7 Å². The third-order valence-corrected chi connectivity index (χ3v) is 1.62. The Bertz CT molecular complexity index is 384. The van der Waals surface area contributed by atoms with E-state index in [1.54, 1.807) is 19.1 Å². The van der Waals surface area contributed by atoms with Crippen LogP contribution in [0.1, 0.15) is 12.5 Å².